The van der Waals surface area contributed by atoms with Gasteiger partial charge in [0, 0.05) is 11.3 Å². The molecule has 3 rings (SSSR count). The van der Waals surface area contributed by atoms with Crippen LogP contribution in [0.3, 0.4) is 0 Å². The molecule has 0 saturated heterocycles. The number of hydrogen-bond donors (Lipinski definition) is 2. The van der Waals surface area contributed by atoms with Gasteiger partial charge in [0.15, 0.2) is 0 Å². The predicted molar refractivity (Wildman–Crippen MR) is 72.6 cm³/mol. The van der Waals surface area contributed by atoms with E-state index in [9.17, 15) is 13.6 Å². The molecule has 0 bridgehead atoms. The molecule has 1 atom stereocenters. The van der Waals surface area contributed by atoms with Gasteiger partial charge in [0.1, 0.15) is 11.6 Å². The second kappa shape index (κ2) is 5.27. The third-order valence-corrected chi connectivity index (χ3v) is 3.75. The first-order chi connectivity index (χ1) is 10.1. The van der Waals surface area contributed by atoms with Gasteiger partial charge in [-0.05, 0) is 43.9 Å². The summed E-state index contributed by atoms with van der Waals surface area (Å²) in [4.78, 5) is 12.3. The molecule has 0 radical (unpaired) electrons. The maximum Gasteiger partial charge on any atom is 0.255 e. The van der Waals surface area contributed by atoms with Crippen LogP contribution < -0.4 is 5.32 Å². The number of benzene rings is 1. The van der Waals surface area contributed by atoms with Crippen molar-refractivity contribution in [2.75, 3.05) is 0 Å². The second-order valence-electron chi connectivity index (χ2n) is 5.36. The Kier molecular flexibility index (Phi) is 3.45. The molecular formula is C15H15F2N3O. The van der Waals surface area contributed by atoms with E-state index >= 15 is 0 Å². The van der Waals surface area contributed by atoms with E-state index in [1.165, 1.54) is 6.20 Å². The fourth-order valence-electron chi connectivity index (χ4n) is 2.43. The van der Waals surface area contributed by atoms with E-state index in [0.717, 1.165) is 31.0 Å². The molecule has 6 heteroatoms. The number of carbonyl (C=O) groups excluding carboxylic acids is 1. The molecule has 1 fully saturated rings. The molecule has 2 aromatic rings. The van der Waals surface area contributed by atoms with E-state index in [-0.39, 0.29) is 17.4 Å². The van der Waals surface area contributed by atoms with Gasteiger partial charge in [0.2, 0.25) is 0 Å². The number of halogens is 2. The van der Waals surface area contributed by atoms with Gasteiger partial charge < -0.3 is 5.32 Å². The van der Waals surface area contributed by atoms with Crippen molar-refractivity contribution in [3.8, 4) is 0 Å². The van der Waals surface area contributed by atoms with E-state index in [1.54, 1.807) is 6.92 Å². The molecule has 4 nitrogen and oxygen atoms in total. The molecule has 0 aliphatic heterocycles. The van der Waals surface area contributed by atoms with E-state index in [1.807, 2.05) is 0 Å². The number of hydrogen-bond acceptors (Lipinski definition) is 2. The van der Waals surface area contributed by atoms with Gasteiger partial charge in [-0.2, -0.15) is 5.10 Å². The summed E-state index contributed by atoms with van der Waals surface area (Å²) in [6.45, 7) is 1.73. The lowest BCUT2D eigenvalue weighted by molar-refractivity contribution is 0.0930. The second-order valence-corrected chi connectivity index (χ2v) is 5.36. The number of carbonyl (C=O) groups is 1. The first-order valence-corrected chi connectivity index (χ1v) is 6.82. The minimum absolute atomic E-state index is 0.150. The average Bonchev–Trinajstić information content (AvgIpc) is 3.20. The van der Waals surface area contributed by atoms with Gasteiger partial charge in [0.25, 0.3) is 5.91 Å². The monoisotopic (exact) mass is 291 g/mol. The van der Waals surface area contributed by atoms with Crippen LogP contribution in [0.4, 0.5) is 8.78 Å². The Hall–Kier alpha value is -2.24. The first kappa shape index (κ1) is 13.7. The van der Waals surface area contributed by atoms with Crippen LogP contribution in [0, 0.1) is 24.5 Å². The smallest absolute Gasteiger partial charge is 0.255 e. The Morgan fingerprint density at radius 3 is 2.81 bits per heavy atom. The van der Waals surface area contributed by atoms with Crippen LogP contribution in [0.5, 0.6) is 0 Å². The lowest BCUT2D eigenvalue weighted by Crippen LogP contribution is -2.30. The summed E-state index contributed by atoms with van der Waals surface area (Å²) >= 11 is 0. The van der Waals surface area contributed by atoms with Crippen LogP contribution in [0.25, 0.3) is 0 Å². The zero-order valence-corrected chi connectivity index (χ0v) is 11.5. The first-order valence-electron chi connectivity index (χ1n) is 6.82. The third-order valence-electron chi connectivity index (χ3n) is 3.75. The number of nitrogens with zero attached hydrogens (tertiary/aromatic N) is 1. The molecule has 1 amide bonds. The van der Waals surface area contributed by atoms with Gasteiger partial charge in [0.05, 0.1) is 17.8 Å². The highest BCUT2D eigenvalue weighted by molar-refractivity contribution is 5.95. The van der Waals surface area contributed by atoms with Crippen LogP contribution in [0.2, 0.25) is 0 Å². The molecule has 2 N–H and O–H groups in total. The van der Waals surface area contributed by atoms with Gasteiger partial charge in [-0.1, -0.05) is 0 Å². The molecule has 110 valence electrons. The van der Waals surface area contributed by atoms with Crippen LogP contribution >= 0.6 is 0 Å². The molecule has 1 aromatic heterocycles. The Morgan fingerprint density at radius 2 is 2.19 bits per heavy atom. The number of nitrogens with one attached hydrogen (secondary N) is 2. The molecule has 1 heterocycles. The maximum absolute atomic E-state index is 13.9. The quantitative estimate of drug-likeness (QED) is 0.910. The van der Waals surface area contributed by atoms with Crippen molar-refractivity contribution in [3.63, 3.8) is 0 Å². The van der Waals surface area contributed by atoms with Gasteiger partial charge >= 0.3 is 0 Å². The normalized spacial score (nSPS) is 15.8. The Balaban J connectivity index is 1.87. The lowest BCUT2D eigenvalue weighted by atomic mass is 10.0. The maximum atomic E-state index is 13.9. The largest absolute Gasteiger partial charge is 0.345 e. The number of rotatable bonds is 4. The number of aromatic nitrogens is 2. The summed E-state index contributed by atoms with van der Waals surface area (Å²) in [7, 11) is 0. The van der Waals surface area contributed by atoms with E-state index in [4.69, 9.17) is 0 Å². The van der Waals surface area contributed by atoms with Crippen molar-refractivity contribution < 1.29 is 13.6 Å². The Labute approximate surface area is 120 Å². The number of H-pyrrole nitrogens is 1. The number of amides is 1. The van der Waals surface area contributed by atoms with Crippen molar-refractivity contribution in [2.24, 2.45) is 5.92 Å². The molecular weight excluding hydrogens is 276 g/mol. The SMILES string of the molecule is Cc1[nH]ncc1C(=O)NC(c1cc(F)ccc1F)C1CC1. The zero-order chi connectivity index (χ0) is 15.0. The zero-order valence-electron chi connectivity index (χ0n) is 11.5. The van der Waals surface area contributed by atoms with E-state index in [2.05, 4.69) is 15.5 Å². The lowest BCUT2D eigenvalue weighted by Gasteiger charge is -2.19. The van der Waals surface area contributed by atoms with Crippen LogP contribution in [0.1, 0.15) is 40.5 Å². The summed E-state index contributed by atoms with van der Waals surface area (Å²) in [6.07, 6.45) is 3.22. The van der Waals surface area contributed by atoms with Crippen molar-refractivity contribution >= 4 is 5.91 Å². The fourth-order valence-corrected chi connectivity index (χ4v) is 2.43. The standard InChI is InChI=1S/C15H15F2N3O/c1-8-12(7-18-20-8)15(21)19-14(9-2-3-9)11-6-10(16)4-5-13(11)17/h4-7,9,14H,2-3H2,1H3,(H,18,20)(H,19,21). The highest BCUT2D eigenvalue weighted by Gasteiger charge is 2.35. The van der Waals surface area contributed by atoms with Crippen LogP contribution in [-0.2, 0) is 0 Å². The van der Waals surface area contributed by atoms with E-state index < -0.39 is 17.7 Å². The molecule has 1 aromatic carbocycles. The minimum Gasteiger partial charge on any atom is -0.345 e. The summed E-state index contributed by atoms with van der Waals surface area (Å²) in [5.74, 6) is -1.19. The van der Waals surface area contributed by atoms with Crippen molar-refractivity contribution in [2.45, 2.75) is 25.8 Å². The Morgan fingerprint density at radius 1 is 1.43 bits per heavy atom. The molecule has 1 unspecified atom stereocenters. The summed E-state index contributed by atoms with van der Waals surface area (Å²) in [5.41, 5.74) is 1.26. The highest BCUT2D eigenvalue weighted by atomic mass is 19.1. The van der Waals surface area contributed by atoms with Crippen LogP contribution in [0.15, 0.2) is 24.4 Å². The van der Waals surface area contributed by atoms with Crippen LogP contribution in [-0.4, -0.2) is 16.1 Å². The topological polar surface area (TPSA) is 57.8 Å². The number of aromatic amines is 1. The highest BCUT2D eigenvalue weighted by Crippen LogP contribution is 2.42. The van der Waals surface area contributed by atoms with E-state index in [0.29, 0.717) is 11.3 Å². The summed E-state index contributed by atoms with van der Waals surface area (Å²) < 4.78 is 27.3. The number of aryl methyl sites for hydroxylation is 1. The molecule has 1 aliphatic rings. The summed E-state index contributed by atoms with van der Waals surface area (Å²) in [6, 6.07) is 2.81. The minimum atomic E-state index is -0.512. The van der Waals surface area contributed by atoms with Crippen molar-refractivity contribution in [3.05, 3.63) is 52.9 Å². The Bertz CT molecular complexity index is 679. The molecule has 21 heavy (non-hydrogen) atoms. The predicted octanol–water partition coefficient (Wildman–Crippen LogP) is 2.88. The van der Waals surface area contributed by atoms with Crippen molar-refractivity contribution in [1.82, 2.24) is 15.5 Å². The van der Waals surface area contributed by atoms with Gasteiger partial charge in [-0.15, -0.1) is 0 Å². The molecule has 0 spiro atoms. The average molecular weight is 291 g/mol. The summed E-state index contributed by atoms with van der Waals surface area (Å²) in [5, 5.41) is 9.28. The molecule has 1 aliphatic carbocycles. The van der Waals surface area contributed by atoms with Crippen molar-refractivity contribution in [1.29, 1.82) is 0 Å². The molecule has 1 saturated carbocycles. The fraction of sp³-hybridized carbons (Fsp3) is 0.333. The third kappa shape index (κ3) is 2.79. The van der Waals surface area contributed by atoms with Gasteiger partial charge in [-0.25, -0.2) is 8.78 Å². The van der Waals surface area contributed by atoms with Gasteiger partial charge in [-0.3, -0.25) is 9.89 Å².